The maximum absolute atomic E-state index is 12.1. The smallest absolute Gasteiger partial charge is 0.310 e. The Hall–Kier alpha value is -2.60. The highest BCUT2D eigenvalue weighted by Crippen LogP contribution is 2.18. The average Bonchev–Trinajstić information content (AvgIpc) is 2.88. The first-order valence-corrected chi connectivity index (χ1v) is 8.34. The molecular formula is C19H22N2O4. The van der Waals surface area contributed by atoms with Gasteiger partial charge in [-0.15, -0.1) is 0 Å². The Bertz CT molecular complexity index is 794. The molecule has 0 spiro atoms. The molecule has 1 aliphatic rings. The molecule has 2 N–H and O–H groups in total. The highest BCUT2D eigenvalue weighted by Gasteiger charge is 2.20. The molecular weight excluding hydrogens is 320 g/mol. The van der Waals surface area contributed by atoms with Crippen molar-refractivity contribution >= 4 is 22.8 Å². The largest absolute Gasteiger partial charge is 0.469 e. The summed E-state index contributed by atoms with van der Waals surface area (Å²) in [6.45, 7) is 1.41. The van der Waals surface area contributed by atoms with Crippen molar-refractivity contribution in [2.45, 2.75) is 12.8 Å². The molecule has 1 atom stereocenters. The topological polar surface area (TPSA) is 80.4 Å². The molecule has 2 aromatic rings. The Kier molecular flexibility index (Phi) is 5.50. The number of hydrogen-bond donors (Lipinski definition) is 2. The fourth-order valence-corrected chi connectivity index (χ4v) is 2.99. The third-order valence-electron chi connectivity index (χ3n) is 4.40. The van der Waals surface area contributed by atoms with E-state index in [1.54, 1.807) is 0 Å². The van der Waals surface area contributed by atoms with Gasteiger partial charge in [-0.05, 0) is 23.6 Å². The summed E-state index contributed by atoms with van der Waals surface area (Å²) in [4.78, 5) is 26.9. The van der Waals surface area contributed by atoms with Crippen LogP contribution in [0.5, 0.6) is 0 Å². The molecule has 1 aliphatic heterocycles. The molecule has 6 nitrogen and oxygen atoms in total. The van der Waals surface area contributed by atoms with Crippen molar-refractivity contribution < 1.29 is 19.1 Å². The molecule has 0 aliphatic carbocycles. The van der Waals surface area contributed by atoms with Crippen LogP contribution in [-0.4, -0.2) is 43.7 Å². The highest BCUT2D eigenvalue weighted by atomic mass is 16.5. The predicted molar refractivity (Wildman–Crippen MR) is 94.0 cm³/mol. The van der Waals surface area contributed by atoms with Gasteiger partial charge in [0.05, 0.1) is 19.4 Å². The number of nitrogens with one attached hydrogen (secondary N) is 2. The number of benzene rings is 1. The number of hydrogen-bond acceptors (Lipinski definition) is 5. The van der Waals surface area contributed by atoms with Gasteiger partial charge in [0.15, 0.2) is 0 Å². The van der Waals surface area contributed by atoms with E-state index in [0.717, 1.165) is 22.0 Å². The lowest BCUT2D eigenvalue weighted by molar-refractivity contribution is -0.145. The SMILES string of the molecule is COC(=O)C1CC=C(COC(=O)Cc2c[nH]c3ccccc23)CNC1. The first-order valence-electron chi connectivity index (χ1n) is 8.34. The van der Waals surface area contributed by atoms with Gasteiger partial charge in [0.25, 0.3) is 0 Å². The van der Waals surface area contributed by atoms with E-state index >= 15 is 0 Å². The van der Waals surface area contributed by atoms with Crippen molar-refractivity contribution in [1.29, 1.82) is 0 Å². The fraction of sp³-hybridized carbons (Fsp3) is 0.368. The number of esters is 2. The minimum absolute atomic E-state index is 0.190. The van der Waals surface area contributed by atoms with E-state index in [0.29, 0.717) is 19.5 Å². The maximum atomic E-state index is 12.1. The second-order valence-corrected chi connectivity index (χ2v) is 6.15. The fourth-order valence-electron chi connectivity index (χ4n) is 2.99. The lowest BCUT2D eigenvalue weighted by atomic mass is 10.1. The average molecular weight is 342 g/mol. The minimum atomic E-state index is -0.264. The first-order chi connectivity index (χ1) is 12.2. The van der Waals surface area contributed by atoms with Crippen molar-refractivity contribution in [2.75, 3.05) is 26.8 Å². The van der Waals surface area contributed by atoms with Crippen molar-refractivity contribution in [3.8, 4) is 0 Å². The number of fused-ring (bicyclic) bond motifs is 1. The van der Waals surface area contributed by atoms with Crippen LogP contribution in [-0.2, 0) is 25.5 Å². The number of allylic oxidation sites excluding steroid dienone is 1. The summed E-state index contributed by atoms with van der Waals surface area (Å²) in [5.74, 6) is -0.676. The van der Waals surface area contributed by atoms with Gasteiger partial charge >= 0.3 is 11.9 Å². The third-order valence-corrected chi connectivity index (χ3v) is 4.40. The minimum Gasteiger partial charge on any atom is -0.469 e. The van der Waals surface area contributed by atoms with Crippen molar-refractivity contribution in [1.82, 2.24) is 10.3 Å². The molecule has 0 amide bonds. The van der Waals surface area contributed by atoms with E-state index in [1.807, 2.05) is 36.5 Å². The van der Waals surface area contributed by atoms with Crippen LogP contribution in [0.15, 0.2) is 42.1 Å². The van der Waals surface area contributed by atoms with Crippen molar-refractivity contribution in [3.63, 3.8) is 0 Å². The molecule has 1 aromatic heterocycles. The number of rotatable bonds is 5. The number of ether oxygens (including phenoxy) is 2. The van der Waals surface area contributed by atoms with Gasteiger partial charge < -0.3 is 19.8 Å². The Balaban J connectivity index is 1.53. The Labute approximate surface area is 146 Å². The Morgan fingerprint density at radius 3 is 2.96 bits per heavy atom. The first kappa shape index (κ1) is 17.2. The monoisotopic (exact) mass is 342 g/mol. The van der Waals surface area contributed by atoms with Gasteiger partial charge in [0.1, 0.15) is 6.61 Å². The lowest BCUT2D eigenvalue weighted by Gasteiger charge is -2.10. The molecule has 0 fully saturated rings. The van der Waals surface area contributed by atoms with Crippen LogP contribution in [0.2, 0.25) is 0 Å². The van der Waals surface area contributed by atoms with E-state index in [1.165, 1.54) is 7.11 Å². The highest BCUT2D eigenvalue weighted by molar-refractivity contribution is 5.87. The number of aromatic amines is 1. The summed E-state index contributed by atoms with van der Waals surface area (Å²) in [6.07, 6.45) is 4.63. The van der Waals surface area contributed by atoms with Crippen LogP contribution in [0.1, 0.15) is 12.0 Å². The Morgan fingerprint density at radius 2 is 2.12 bits per heavy atom. The lowest BCUT2D eigenvalue weighted by Crippen LogP contribution is -2.28. The second-order valence-electron chi connectivity index (χ2n) is 6.15. The van der Waals surface area contributed by atoms with Gasteiger partial charge in [-0.3, -0.25) is 9.59 Å². The van der Waals surface area contributed by atoms with E-state index in [-0.39, 0.29) is 30.9 Å². The predicted octanol–water partition coefficient (Wildman–Crippen LogP) is 1.96. The molecule has 1 aromatic carbocycles. The van der Waals surface area contributed by atoms with E-state index in [4.69, 9.17) is 9.47 Å². The molecule has 2 heterocycles. The molecule has 0 saturated carbocycles. The number of methoxy groups -OCH3 is 1. The molecule has 3 rings (SSSR count). The van der Waals surface area contributed by atoms with Gasteiger partial charge in [-0.25, -0.2) is 0 Å². The van der Waals surface area contributed by atoms with Crippen molar-refractivity contribution in [3.05, 3.63) is 47.7 Å². The number of aromatic nitrogens is 1. The van der Waals surface area contributed by atoms with Gasteiger partial charge in [0, 0.05) is 30.2 Å². The zero-order valence-electron chi connectivity index (χ0n) is 14.2. The van der Waals surface area contributed by atoms with Crippen LogP contribution in [0.4, 0.5) is 0 Å². The third kappa shape index (κ3) is 4.28. The quantitative estimate of drug-likeness (QED) is 0.641. The summed E-state index contributed by atoms with van der Waals surface area (Å²) in [7, 11) is 1.39. The summed E-state index contributed by atoms with van der Waals surface area (Å²) < 4.78 is 10.2. The Morgan fingerprint density at radius 1 is 1.28 bits per heavy atom. The number of carbonyl (C=O) groups is 2. The van der Waals surface area contributed by atoms with Gasteiger partial charge in [-0.2, -0.15) is 0 Å². The van der Waals surface area contributed by atoms with E-state index in [2.05, 4.69) is 10.3 Å². The summed E-state index contributed by atoms with van der Waals surface area (Å²) >= 11 is 0. The zero-order valence-corrected chi connectivity index (χ0v) is 14.2. The molecule has 132 valence electrons. The van der Waals surface area contributed by atoms with Crippen LogP contribution < -0.4 is 5.32 Å². The molecule has 0 bridgehead atoms. The summed E-state index contributed by atoms with van der Waals surface area (Å²) in [5.41, 5.74) is 2.91. The van der Waals surface area contributed by atoms with Crippen LogP contribution in [0.3, 0.4) is 0 Å². The van der Waals surface area contributed by atoms with Gasteiger partial charge in [-0.1, -0.05) is 24.3 Å². The molecule has 0 saturated heterocycles. The van der Waals surface area contributed by atoms with Crippen LogP contribution in [0.25, 0.3) is 10.9 Å². The summed E-state index contributed by atoms with van der Waals surface area (Å²) in [5, 5.41) is 4.23. The van der Waals surface area contributed by atoms with E-state index < -0.39 is 0 Å². The molecule has 0 radical (unpaired) electrons. The standard InChI is InChI=1S/C19H22N2O4/c1-24-19(23)14-7-6-13(9-20-10-14)12-25-18(22)8-15-11-21-17-5-3-2-4-16(15)17/h2-6,11,14,20-21H,7-10,12H2,1H3. The molecule has 6 heteroatoms. The molecule has 1 unspecified atom stereocenters. The normalized spacial score (nSPS) is 17.6. The number of carbonyl (C=O) groups excluding carboxylic acids is 2. The van der Waals surface area contributed by atoms with E-state index in [9.17, 15) is 9.59 Å². The molecule has 25 heavy (non-hydrogen) atoms. The summed E-state index contributed by atoms with van der Waals surface area (Å²) in [6, 6.07) is 7.86. The van der Waals surface area contributed by atoms with Crippen LogP contribution >= 0.6 is 0 Å². The second kappa shape index (κ2) is 7.98. The van der Waals surface area contributed by atoms with Crippen LogP contribution in [0, 0.1) is 5.92 Å². The van der Waals surface area contributed by atoms with Crippen molar-refractivity contribution in [2.24, 2.45) is 5.92 Å². The number of para-hydroxylation sites is 1. The van der Waals surface area contributed by atoms with Gasteiger partial charge in [0.2, 0.25) is 0 Å². The zero-order chi connectivity index (χ0) is 17.6. The number of H-pyrrole nitrogens is 1. The maximum Gasteiger partial charge on any atom is 0.310 e.